The Bertz CT molecular complexity index is 226. The van der Waals surface area contributed by atoms with Crippen molar-refractivity contribution in [3.8, 4) is 0 Å². The number of nitrogens with one attached hydrogen (secondary N) is 1. The van der Waals surface area contributed by atoms with Gasteiger partial charge in [0.2, 0.25) is 0 Å². The van der Waals surface area contributed by atoms with Crippen LogP contribution in [0.2, 0.25) is 0 Å². The molecule has 0 aromatic rings. The minimum atomic E-state index is 0.0723. The molecule has 0 heterocycles. The predicted octanol–water partition coefficient (Wildman–Crippen LogP) is 2.91. The molecule has 0 aliphatic heterocycles. The first-order valence-corrected chi connectivity index (χ1v) is 4.55. The Morgan fingerprint density at radius 3 is 2.46 bits per heavy atom. The van der Waals surface area contributed by atoms with Crippen LogP contribution in [0.3, 0.4) is 0 Å². The molecule has 0 aromatic carbocycles. The molecule has 0 aliphatic rings. The van der Waals surface area contributed by atoms with Crippen molar-refractivity contribution in [2.75, 3.05) is 7.05 Å². The smallest absolute Gasteiger partial charge is 0.131 e. The van der Waals surface area contributed by atoms with Gasteiger partial charge in [-0.2, -0.15) is 0 Å². The van der Waals surface area contributed by atoms with E-state index in [-0.39, 0.29) is 5.76 Å². The van der Waals surface area contributed by atoms with Crippen LogP contribution in [-0.4, -0.2) is 12.2 Å². The molecule has 13 heavy (non-hydrogen) atoms. The van der Waals surface area contributed by atoms with E-state index in [9.17, 15) is 0 Å². The molecule has 0 aromatic heterocycles. The zero-order valence-electron chi connectivity index (χ0n) is 8.72. The fraction of sp³-hybridized carbons (Fsp3) is 0.455. The van der Waals surface area contributed by atoms with Crippen molar-refractivity contribution in [3.63, 3.8) is 0 Å². The van der Waals surface area contributed by atoms with Crippen LogP contribution in [0, 0.1) is 0 Å². The first-order chi connectivity index (χ1) is 6.11. The van der Waals surface area contributed by atoms with E-state index in [1.807, 2.05) is 12.2 Å². The molecule has 0 fully saturated rings. The largest absolute Gasteiger partial charge is 0.506 e. The number of allylic oxidation sites excluding steroid dienone is 3. The highest BCUT2D eigenvalue weighted by atomic mass is 16.3. The summed E-state index contributed by atoms with van der Waals surface area (Å²) in [5.74, 6) is 0.0723. The molecule has 0 saturated heterocycles. The van der Waals surface area contributed by atoms with Gasteiger partial charge in [0, 0.05) is 7.05 Å². The molecular formula is C11H19NO. The third kappa shape index (κ3) is 5.12. The molecule has 0 spiro atoms. The highest BCUT2D eigenvalue weighted by Gasteiger charge is 1.94. The van der Waals surface area contributed by atoms with Gasteiger partial charge in [-0.05, 0) is 19.4 Å². The lowest BCUT2D eigenvalue weighted by atomic mass is 10.1. The third-order valence-electron chi connectivity index (χ3n) is 1.76. The van der Waals surface area contributed by atoms with Gasteiger partial charge in [0.25, 0.3) is 0 Å². The van der Waals surface area contributed by atoms with Gasteiger partial charge >= 0.3 is 0 Å². The Hall–Kier alpha value is -1.18. The summed E-state index contributed by atoms with van der Waals surface area (Å²) in [6.45, 7) is 7.67. The average molecular weight is 181 g/mol. The normalized spacial score (nSPS) is 12.8. The van der Waals surface area contributed by atoms with Gasteiger partial charge in [0.15, 0.2) is 0 Å². The van der Waals surface area contributed by atoms with E-state index in [1.54, 1.807) is 7.05 Å². The standard InChI is InChI=1S/C11H19NO/c1-5-6-9(2)7-8-11(12-4)10(3)13/h7-8,12-13H,3,5-6H2,1-2,4H3/b9-7-,11-8-. The van der Waals surface area contributed by atoms with Gasteiger partial charge in [0.1, 0.15) is 5.76 Å². The number of aliphatic hydroxyl groups is 1. The van der Waals surface area contributed by atoms with E-state index in [0.29, 0.717) is 5.70 Å². The number of hydrogen-bond donors (Lipinski definition) is 2. The topological polar surface area (TPSA) is 32.3 Å². The van der Waals surface area contributed by atoms with E-state index in [2.05, 4.69) is 25.7 Å². The summed E-state index contributed by atoms with van der Waals surface area (Å²) in [5, 5.41) is 12.0. The Labute approximate surface area is 80.7 Å². The van der Waals surface area contributed by atoms with Crippen molar-refractivity contribution >= 4 is 0 Å². The molecular weight excluding hydrogens is 162 g/mol. The molecule has 0 bridgehead atoms. The Balaban J connectivity index is 4.35. The predicted molar refractivity (Wildman–Crippen MR) is 57.6 cm³/mol. The summed E-state index contributed by atoms with van der Waals surface area (Å²) in [6, 6.07) is 0. The quantitative estimate of drug-likeness (QED) is 0.505. The highest BCUT2D eigenvalue weighted by Crippen LogP contribution is 2.05. The van der Waals surface area contributed by atoms with E-state index in [0.717, 1.165) is 12.8 Å². The first-order valence-electron chi connectivity index (χ1n) is 4.55. The summed E-state index contributed by atoms with van der Waals surface area (Å²) < 4.78 is 0. The maximum absolute atomic E-state index is 9.10. The van der Waals surface area contributed by atoms with E-state index in [1.165, 1.54) is 5.57 Å². The van der Waals surface area contributed by atoms with Gasteiger partial charge in [-0.15, -0.1) is 0 Å². The van der Waals surface area contributed by atoms with Crippen molar-refractivity contribution in [2.24, 2.45) is 0 Å². The average Bonchev–Trinajstić information content (AvgIpc) is 2.05. The molecule has 0 saturated carbocycles. The van der Waals surface area contributed by atoms with Gasteiger partial charge in [-0.3, -0.25) is 0 Å². The van der Waals surface area contributed by atoms with Crippen LogP contribution in [0.25, 0.3) is 0 Å². The van der Waals surface area contributed by atoms with Gasteiger partial charge in [-0.25, -0.2) is 0 Å². The lowest BCUT2D eigenvalue weighted by Crippen LogP contribution is -2.06. The van der Waals surface area contributed by atoms with Crippen LogP contribution in [0.4, 0.5) is 0 Å². The molecule has 0 rings (SSSR count). The SMILES string of the molecule is C=C(O)/C(=C/C=C(/C)CCC)NC. The third-order valence-corrected chi connectivity index (χ3v) is 1.76. The Kier molecular flexibility index (Phi) is 5.77. The van der Waals surface area contributed by atoms with Crippen molar-refractivity contribution in [1.82, 2.24) is 5.32 Å². The zero-order valence-corrected chi connectivity index (χ0v) is 8.72. The summed E-state index contributed by atoms with van der Waals surface area (Å²) >= 11 is 0. The van der Waals surface area contributed by atoms with Crippen molar-refractivity contribution in [1.29, 1.82) is 0 Å². The highest BCUT2D eigenvalue weighted by molar-refractivity contribution is 5.26. The lowest BCUT2D eigenvalue weighted by molar-refractivity contribution is 0.419. The van der Waals surface area contributed by atoms with Gasteiger partial charge in [0.05, 0.1) is 5.70 Å². The number of aliphatic hydroxyl groups excluding tert-OH is 1. The zero-order chi connectivity index (χ0) is 10.3. The van der Waals surface area contributed by atoms with Gasteiger partial charge in [-0.1, -0.05) is 31.6 Å². The van der Waals surface area contributed by atoms with Gasteiger partial charge < -0.3 is 10.4 Å². The fourth-order valence-corrected chi connectivity index (χ4v) is 1.03. The van der Waals surface area contributed by atoms with Crippen LogP contribution < -0.4 is 5.32 Å². The number of rotatable bonds is 5. The fourth-order valence-electron chi connectivity index (χ4n) is 1.03. The van der Waals surface area contributed by atoms with E-state index < -0.39 is 0 Å². The molecule has 0 amide bonds. The van der Waals surface area contributed by atoms with Crippen LogP contribution >= 0.6 is 0 Å². The minimum Gasteiger partial charge on any atom is -0.506 e. The maximum Gasteiger partial charge on any atom is 0.131 e. The number of hydrogen-bond acceptors (Lipinski definition) is 2. The molecule has 0 atom stereocenters. The molecule has 2 N–H and O–H groups in total. The second kappa shape index (κ2) is 6.35. The summed E-state index contributed by atoms with van der Waals surface area (Å²) in [5.41, 5.74) is 1.96. The van der Waals surface area contributed by atoms with Crippen LogP contribution in [0.5, 0.6) is 0 Å². The van der Waals surface area contributed by atoms with Crippen molar-refractivity contribution in [2.45, 2.75) is 26.7 Å². The molecule has 0 unspecified atom stereocenters. The van der Waals surface area contributed by atoms with Crippen molar-refractivity contribution < 1.29 is 5.11 Å². The van der Waals surface area contributed by atoms with Crippen molar-refractivity contribution in [3.05, 3.63) is 35.8 Å². The van der Waals surface area contributed by atoms with E-state index >= 15 is 0 Å². The lowest BCUT2D eigenvalue weighted by Gasteiger charge is -2.02. The summed E-state index contributed by atoms with van der Waals surface area (Å²) in [4.78, 5) is 0. The summed E-state index contributed by atoms with van der Waals surface area (Å²) in [7, 11) is 1.76. The second-order valence-corrected chi connectivity index (χ2v) is 3.04. The Morgan fingerprint density at radius 1 is 1.46 bits per heavy atom. The molecule has 74 valence electrons. The van der Waals surface area contributed by atoms with E-state index in [4.69, 9.17) is 5.11 Å². The second-order valence-electron chi connectivity index (χ2n) is 3.04. The van der Waals surface area contributed by atoms with Crippen LogP contribution in [0.1, 0.15) is 26.7 Å². The molecule has 2 heteroatoms. The molecule has 0 aliphatic carbocycles. The number of likely N-dealkylation sites (N-methyl/N-ethyl adjacent to an activating group) is 1. The monoisotopic (exact) mass is 181 g/mol. The minimum absolute atomic E-state index is 0.0723. The maximum atomic E-state index is 9.10. The molecule has 2 nitrogen and oxygen atoms in total. The van der Waals surface area contributed by atoms with Crippen LogP contribution in [0.15, 0.2) is 35.8 Å². The molecule has 0 radical (unpaired) electrons. The first kappa shape index (κ1) is 11.8. The Morgan fingerprint density at radius 2 is 2.08 bits per heavy atom. The summed E-state index contributed by atoms with van der Waals surface area (Å²) in [6.07, 6.45) is 6.07. The van der Waals surface area contributed by atoms with Crippen LogP contribution in [-0.2, 0) is 0 Å².